The molecule has 1 saturated heterocycles. The molecular formula is C17H25ClN2O3. The number of benzene rings is 1. The summed E-state index contributed by atoms with van der Waals surface area (Å²) in [5.41, 5.74) is 6.36. The molecule has 2 N–H and O–H groups in total. The van der Waals surface area contributed by atoms with Crippen molar-refractivity contribution < 1.29 is 14.3 Å². The Balaban J connectivity index is 0.00000264. The number of likely N-dealkylation sites (tertiary alicyclic amines) is 1. The normalized spacial score (nSPS) is 21.5. The molecule has 2 unspecified atom stereocenters. The number of carbonyl (C=O) groups excluding carboxylic acids is 2. The lowest BCUT2D eigenvalue weighted by Crippen LogP contribution is -2.41. The van der Waals surface area contributed by atoms with Gasteiger partial charge in [0, 0.05) is 18.7 Å². The molecule has 0 aromatic heterocycles. The Labute approximate surface area is 143 Å². The van der Waals surface area contributed by atoms with E-state index in [4.69, 9.17) is 10.5 Å². The average molecular weight is 341 g/mol. The van der Waals surface area contributed by atoms with Crippen molar-refractivity contribution in [2.24, 2.45) is 11.1 Å². The topological polar surface area (TPSA) is 72.6 Å². The van der Waals surface area contributed by atoms with Crippen molar-refractivity contribution in [3.05, 3.63) is 29.8 Å². The van der Waals surface area contributed by atoms with Crippen LogP contribution in [0.3, 0.4) is 0 Å². The van der Waals surface area contributed by atoms with Gasteiger partial charge in [-0.3, -0.25) is 9.59 Å². The molecule has 1 aliphatic heterocycles. The van der Waals surface area contributed by atoms with Gasteiger partial charge in [0.25, 0.3) is 5.91 Å². The van der Waals surface area contributed by atoms with Crippen LogP contribution in [-0.4, -0.2) is 42.3 Å². The molecular weight excluding hydrogens is 316 g/mol. The van der Waals surface area contributed by atoms with Gasteiger partial charge in [-0.1, -0.05) is 19.1 Å². The van der Waals surface area contributed by atoms with E-state index >= 15 is 0 Å². The van der Waals surface area contributed by atoms with E-state index in [9.17, 15) is 9.59 Å². The fourth-order valence-electron chi connectivity index (χ4n) is 2.68. The van der Waals surface area contributed by atoms with Crippen LogP contribution in [0.5, 0.6) is 5.75 Å². The quantitative estimate of drug-likeness (QED) is 0.834. The summed E-state index contributed by atoms with van der Waals surface area (Å²) in [6.07, 6.45) is 0.337. The van der Waals surface area contributed by atoms with Crippen molar-refractivity contribution in [3.8, 4) is 5.75 Å². The number of Topliss-reactive ketones (excluding diaryl/α,β-unsaturated/α-hetero) is 1. The Morgan fingerprint density at radius 1 is 1.43 bits per heavy atom. The zero-order valence-electron chi connectivity index (χ0n) is 13.9. The maximum absolute atomic E-state index is 12.5. The van der Waals surface area contributed by atoms with E-state index in [1.807, 2.05) is 4.90 Å². The molecule has 0 bridgehead atoms. The van der Waals surface area contributed by atoms with Gasteiger partial charge in [0.15, 0.2) is 11.9 Å². The van der Waals surface area contributed by atoms with Crippen LogP contribution in [-0.2, 0) is 4.79 Å². The Hall–Kier alpha value is -1.59. The minimum absolute atomic E-state index is 0. The number of nitrogens with two attached hydrogens (primary N) is 1. The smallest absolute Gasteiger partial charge is 0.263 e. The van der Waals surface area contributed by atoms with Crippen LogP contribution in [0.4, 0.5) is 0 Å². The molecule has 1 heterocycles. The summed E-state index contributed by atoms with van der Waals surface area (Å²) in [6.45, 7) is 7.30. The highest BCUT2D eigenvalue weighted by atomic mass is 35.5. The first-order valence-electron chi connectivity index (χ1n) is 7.61. The van der Waals surface area contributed by atoms with E-state index in [1.165, 1.54) is 6.92 Å². The molecule has 1 aromatic carbocycles. The second-order valence-electron chi connectivity index (χ2n) is 6.37. The van der Waals surface area contributed by atoms with Gasteiger partial charge in [-0.25, -0.2) is 0 Å². The number of nitrogens with zero attached hydrogens (tertiary/aromatic N) is 1. The first-order valence-corrected chi connectivity index (χ1v) is 7.61. The number of ether oxygens (including phenoxy) is 1. The summed E-state index contributed by atoms with van der Waals surface area (Å²) < 4.78 is 5.71. The van der Waals surface area contributed by atoms with Gasteiger partial charge in [-0.05, 0) is 44.4 Å². The summed E-state index contributed by atoms with van der Waals surface area (Å²) in [4.78, 5) is 25.7. The van der Waals surface area contributed by atoms with Crippen molar-refractivity contribution >= 4 is 24.1 Å². The van der Waals surface area contributed by atoms with E-state index < -0.39 is 6.10 Å². The first kappa shape index (κ1) is 19.5. The number of carbonyl (C=O) groups is 2. The van der Waals surface area contributed by atoms with Gasteiger partial charge in [0.1, 0.15) is 5.75 Å². The van der Waals surface area contributed by atoms with Crippen molar-refractivity contribution in [1.82, 2.24) is 4.90 Å². The summed E-state index contributed by atoms with van der Waals surface area (Å²) in [5.74, 6) is 0.474. The summed E-state index contributed by atoms with van der Waals surface area (Å²) in [7, 11) is 0. The minimum atomic E-state index is -0.581. The number of ketones is 1. The second kappa shape index (κ2) is 7.79. The fraction of sp³-hybridized carbons (Fsp3) is 0.529. The Morgan fingerprint density at radius 3 is 2.70 bits per heavy atom. The number of hydrogen-bond donors (Lipinski definition) is 1. The molecule has 2 atom stereocenters. The zero-order chi connectivity index (χ0) is 16.3. The SMILES string of the molecule is CC(=O)c1cccc(OC(C)C(=O)N2CCC(C)(CN)C2)c1.Cl. The molecule has 1 amide bonds. The zero-order valence-corrected chi connectivity index (χ0v) is 14.7. The van der Waals surface area contributed by atoms with E-state index in [-0.39, 0.29) is 29.5 Å². The van der Waals surface area contributed by atoms with E-state index in [0.717, 1.165) is 6.42 Å². The Kier molecular flexibility index (Phi) is 6.59. The third-order valence-electron chi connectivity index (χ3n) is 4.26. The molecule has 2 rings (SSSR count). The number of hydrogen-bond acceptors (Lipinski definition) is 4. The minimum Gasteiger partial charge on any atom is -0.481 e. The third-order valence-corrected chi connectivity index (χ3v) is 4.26. The highest BCUT2D eigenvalue weighted by molar-refractivity contribution is 5.94. The molecule has 128 valence electrons. The summed E-state index contributed by atoms with van der Waals surface area (Å²) in [6, 6.07) is 6.91. The number of halogens is 1. The third kappa shape index (κ3) is 4.69. The lowest BCUT2D eigenvalue weighted by atomic mass is 9.90. The van der Waals surface area contributed by atoms with Crippen LogP contribution < -0.4 is 10.5 Å². The first-order chi connectivity index (χ1) is 10.3. The second-order valence-corrected chi connectivity index (χ2v) is 6.37. The van der Waals surface area contributed by atoms with E-state index in [1.54, 1.807) is 31.2 Å². The molecule has 0 radical (unpaired) electrons. The van der Waals surface area contributed by atoms with Crippen LogP contribution in [0.2, 0.25) is 0 Å². The maximum Gasteiger partial charge on any atom is 0.263 e. The van der Waals surface area contributed by atoms with Crippen LogP contribution in [0.1, 0.15) is 37.6 Å². The van der Waals surface area contributed by atoms with Gasteiger partial charge in [0.05, 0.1) is 0 Å². The lowest BCUT2D eigenvalue weighted by Gasteiger charge is -2.25. The highest BCUT2D eigenvalue weighted by Crippen LogP contribution is 2.29. The molecule has 1 aliphatic rings. The van der Waals surface area contributed by atoms with Crippen LogP contribution in [0, 0.1) is 5.41 Å². The average Bonchev–Trinajstić information content (AvgIpc) is 2.90. The molecule has 5 nitrogen and oxygen atoms in total. The molecule has 1 fully saturated rings. The number of rotatable bonds is 5. The van der Waals surface area contributed by atoms with Gasteiger partial charge in [-0.15, -0.1) is 12.4 Å². The molecule has 6 heteroatoms. The van der Waals surface area contributed by atoms with Crippen molar-refractivity contribution in [3.63, 3.8) is 0 Å². The summed E-state index contributed by atoms with van der Waals surface area (Å²) in [5, 5.41) is 0. The van der Waals surface area contributed by atoms with E-state index in [2.05, 4.69) is 6.92 Å². The van der Waals surface area contributed by atoms with Crippen molar-refractivity contribution in [1.29, 1.82) is 0 Å². The predicted molar refractivity (Wildman–Crippen MR) is 92.1 cm³/mol. The summed E-state index contributed by atoms with van der Waals surface area (Å²) >= 11 is 0. The molecule has 1 aromatic rings. The largest absolute Gasteiger partial charge is 0.481 e. The molecule has 0 aliphatic carbocycles. The van der Waals surface area contributed by atoms with E-state index in [0.29, 0.717) is 30.9 Å². The van der Waals surface area contributed by atoms with Crippen molar-refractivity contribution in [2.75, 3.05) is 19.6 Å². The van der Waals surface area contributed by atoms with Gasteiger partial charge in [-0.2, -0.15) is 0 Å². The van der Waals surface area contributed by atoms with Crippen LogP contribution in [0.25, 0.3) is 0 Å². The standard InChI is InChI=1S/C17H24N2O3.ClH/c1-12(20)14-5-4-6-15(9-14)22-13(2)16(21)19-8-7-17(3,10-18)11-19;/h4-6,9,13H,7-8,10-11,18H2,1-3H3;1H. The maximum atomic E-state index is 12.5. The fourth-order valence-corrected chi connectivity index (χ4v) is 2.68. The van der Waals surface area contributed by atoms with Crippen LogP contribution in [0.15, 0.2) is 24.3 Å². The molecule has 0 spiro atoms. The Bertz CT molecular complexity index is 579. The molecule has 23 heavy (non-hydrogen) atoms. The van der Waals surface area contributed by atoms with Gasteiger partial charge >= 0.3 is 0 Å². The number of amides is 1. The Morgan fingerprint density at radius 2 is 2.13 bits per heavy atom. The monoisotopic (exact) mass is 340 g/mol. The van der Waals surface area contributed by atoms with Crippen LogP contribution >= 0.6 is 12.4 Å². The van der Waals surface area contributed by atoms with Crippen molar-refractivity contribution in [2.45, 2.75) is 33.3 Å². The predicted octanol–water partition coefficient (Wildman–Crippen LogP) is 2.28. The molecule has 0 saturated carbocycles. The van der Waals surface area contributed by atoms with Gasteiger partial charge in [0.2, 0.25) is 0 Å². The van der Waals surface area contributed by atoms with Gasteiger partial charge < -0.3 is 15.4 Å². The lowest BCUT2D eigenvalue weighted by molar-refractivity contribution is -0.137. The highest BCUT2D eigenvalue weighted by Gasteiger charge is 2.36.